The molecular weight excluding hydrogens is 524 g/mol. The normalized spacial score (nSPS) is 15.6. The van der Waals surface area contributed by atoms with E-state index in [2.05, 4.69) is 0 Å². The molecule has 0 unspecified atom stereocenters. The fourth-order valence-electron chi connectivity index (χ4n) is 4.81. The van der Waals surface area contributed by atoms with Crippen LogP contribution >= 0.6 is 0 Å². The van der Waals surface area contributed by atoms with Crippen molar-refractivity contribution in [3.05, 3.63) is 69.3 Å². The number of carbonyl (C=O) groups is 5. The fraction of sp³-hybridized carbons (Fsp3) is 0.370. The maximum atomic E-state index is 12.8. The molecule has 1 fully saturated rings. The molecule has 1 saturated heterocycles. The number of amides is 4. The molecule has 2 aromatic rings. The van der Waals surface area contributed by atoms with Crippen LogP contribution in [-0.2, 0) is 14.4 Å². The zero-order chi connectivity index (χ0) is 29.0. The number of carboxylic acid groups (broad SMARTS) is 1. The van der Waals surface area contributed by atoms with E-state index in [0.29, 0.717) is 29.3 Å². The molecule has 0 aliphatic carbocycles. The van der Waals surface area contributed by atoms with Crippen LogP contribution in [0.4, 0.5) is 5.69 Å². The van der Waals surface area contributed by atoms with E-state index < -0.39 is 28.7 Å². The summed E-state index contributed by atoms with van der Waals surface area (Å²) in [5.41, 5.74) is 0.712. The summed E-state index contributed by atoms with van der Waals surface area (Å²) in [4.78, 5) is 77.0. The maximum Gasteiger partial charge on any atom is 0.326 e. The predicted molar refractivity (Wildman–Crippen MR) is 139 cm³/mol. The minimum atomic E-state index is -1.47. The summed E-state index contributed by atoms with van der Waals surface area (Å²) in [7, 11) is 0. The number of imide groups is 1. The van der Waals surface area contributed by atoms with Crippen LogP contribution in [0.3, 0.4) is 0 Å². The van der Waals surface area contributed by atoms with E-state index in [9.17, 15) is 39.2 Å². The van der Waals surface area contributed by atoms with E-state index in [0.717, 1.165) is 0 Å². The van der Waals surface area contributed by atoms with Crippen molar-refractivity contribution in [1.82, 2.24) is 14.7 Å². The highest BCUT2D eigenvalue weighted by Crippen LogP contribution is 2.27. The summed E-state index contributed by atoms with van der Waals surface area (Å²) in [6.07, 6.45) is -0.316. The molecule has 4 rings (SSSR count). The number of carboxylic acids is 1. The summed E-state index contributed by atoms with van der Waals surface area (Å²) in [5.74, 6) is -2.83. The Morgan fingerprint density at radius 1 is 0.950 bits per heavy atom. The number of benzene rings is 2. The average molecular weight is 553 g/mol. The van der Waals surface area contributed by atoms with Gasteiger partial charge in [-0.2, -0.15) is 0 Å². The van der Waals surface area contributed by atoms with Gasteiger partial charge in [0.15, 0.2) is 0 Å². The molecule has 1 N–H and O–H groups in total. The van der Waals surface area contributed by atoms with Gasteiger partial charge in [-0.3, -0.25) is 34.2 Å². The number of carbonyl (C=O) groups excluding carboxylic acids is 4. The summed E-state index contributed by atoms with van der Waals surface area (Å²) in [6.45, 7) is 2.80. The Bertz CT molecular complexity index is 1330. The predicted octanol–water partition coefficient (Wildman–Crippen LogP) is 1.87. The van der Waals surface area contributed by atoms with E-state index in [1.807, 2.05) is 0 Å². The second-order valence-corrected chi connectivity index (χ2v) is 9.48. The molecule has 210 valence electrons. The Kier molecular flexibility index (Phi) is 8.41. The number of rotatable bonds is 10. The molecule has 0 spiro atoms. The lowest BCUT2D eigenvalue weighted by atomic mass is 10.1. The van der Waals surface area contributed by atoms with Gasteiger partial charge in [-0.05, 0) is 37.6 Å². The van der Waals surface area contributed by atoms with Crippen molar-refractivity contribution in [2.24, 2.45) is 0 Å². The number of nitro groups is 1. The smallest absolute Gasteiger partial charge is 0.326 e. The van der Waals surface area contributed by atoms with Crippen LogP contribution in [0.15, 0.2) is 42.5 Å². The van der Waals surface area contributed by atoms with Gasteiger partial charge in [0, 0.05) is 44.2 Å². The second-order valence-electron chi connectivity index (χ2n) is 9.48. The third kappa shape index (κ3) is 5.92. The van der Waals surface area contributed by atoms with Crippen LogP contribution in [0.5, 0.6) is 5.75 Å². The molecule has 0 bridgehead atoms. The Labute approximate surface area is 229 Å². The lowest BCUT2D eigenvalue weighted by Crippen LogP contribution is -2.51. The number of fused-ring (bicyclic) bond motifs is 1. The molecular formula is C27H28N4O9. The van der Waals surface area contributed by atoms with Crippen molar-refractivity contribution >= 4 is 35.3 Å². The molecule has 2 aliphatic heterocycles. The second kappa shape index (κ2) is 11.9. The van der Waals surface area contributed by atoms with Gasteiger partial charge >= 0.3 is 5.97 Å². The van der Waals surface area contributed by atoms with E-state index in [-0.39, 0.29) is 67.6 Å². The standard InChI is InChI=1S/C27H28N4O9/c1-17-16-18(6-7-21(17)31(38)39)40-15-10-24(33)29-13-11-28(12-14-29)23(32)9-8-22(27(36)37)30-25(34)19-4-2-3-5-20(19)26(30)35/h2-7,16,22H,8-15H2,1H3,(H,36,37)/t22-/m0/s1. The molecule has 4 amide bonds. The highest BCUT2D eigenvalue weighted by atomic mass is 16.6. The number of nitrogens with zero attached hydrogens (tertiary/aromatic N) is 4. The lowest BCUT2D eigenvalue weighted by molar-refractivity contribution is -0.385. The zero-order valence-electron chi connectivity index (χ0n) is 21.8. The van der Waals surface area contributed by atoms with Gasteiger partial charge in [0.05, 0.1) is 29.1 Å². The number of ether oxygens (including phenoxy) is 1. The third-order valence-corrected chi connectivity index (χ3v) is 6.99. The first-order valence-corrected chi connectivity index (χ1v) is 12.7. The first kappa shape index (κ1) is 28.2. The van der Waals surface area contributed by atoms with Crippen molar-refractivity contribution in [2.45, 2.75) is 32.2 Å². The van der Waals surface area contributed by atoms with E-state index in [4.69, 9.17) is 4.74 Å². The summed E-state index contributed by atoms with van der Waals surface area (Å²) >= 11 is 0. The summed E-state index contributed by atoms with van der Waals surface area (Å²) < 4.78 is 5.56. The van der Waals surface area contributed by atoms with Crippen LogP contribution < -0.4 is 4.74 Å². The first-order valence-electron chi connectivity index (χ1n) is 12.7. The van der Waals surface area contributed by atoms with E-state index in [1.54, 1.807) is 24.0 Å². The number of nitro benzene ring substituents is 1. The number of hydrogen-bond donors (Lipinski definition) is 1. The fourth-order valence-corrected chi connectivity index (χ4v) is 4.81. The molecule has 0 radical (unpaired) electrons. The van der Waals surface area contributed by atoms with Gasteiger partial charge < -0.3 is 19.6 Å². The molecule has 13 heteroatoms. The molecule has 2 aromatic carbocycles. The van der Waals surface area contributed by atoms with Crippen molar-refractivity contribution in [3.8, 4) is 5.75 Å². The molecule has 40 heavy (non-hydrogen) atoms. The van der Waals surface area contributed by atoms with Gasteiger partial charge in [-0.25, -0.2) is 4.79 Å². The topological polar surface area (TPSA) is 168 Å². The Hall–Kier alpha value is -4.81. The summed E-state index contributed by atoms with van der Waals surface area (Å²) in [5, 5.41) is 20.6. The van der Waals surface area contributed by atoms with Crippen molar-refractivity contribution in [2.75, 3.05) is 32.8 Å². The number of hydrogen-bond acceptors (Lipinski definition) is 8. The van der Waals surface area contributed by atoms with Crippen LogP contribution in [0.1, 0.15) is 45.5 Å². The first-order chi connectivity index (χ1) is 19.1. The Balaban J connectivity index is 1.23. The number of aryl methyl sites for hydroxylation is 1. The van der Waals surface area contributed by atoms with Crippen LogP contribution in [0, 0.1) is 17.0 Å². The van der Waals surface area contributed by atoms with Gasteiger partial charge in [0.1, 0.15) is 11.8 Å². The number of aliphatic carboxylic acids is 1. The Morgan fingerprint density at radius 2 is 1.50 bits per heavy atom. The van der Waals surface area contributed by atoms with Crippen LogP contribution in [0.2, 0.25) is 0 Å². The minimum absolute atomic E-state index is 0.0158. The van der Waals surface area contributed by atoms with Gasteiger partial charge in [-0.1, -0.05) is 12.1 Å². The average Bonchev–Trinajstić information content (AvgIpc) is 3.18. The van der Waals surface area contributed by atoms with Gasteiger partial charge in [0.2, 0.25) is 11.8 Å². The largest absolute Gasteiger partial charge is 0.493 e. The minimum Gasteiger partial charge on any atom is -0.493 e. The van der Waals surface area contributed by atoms with Crippen LogP contribution in [0.25, 0.3) is 0 Å². The Morgan fingerprint density at radius 3 is 2.00 bits per heavy atom. The molecule has 2 aliphatic rings. The van der Waals surface area contributed by atoms with Crippen molar-refractivity contribution in [3.63, 3.8) is 0 Å². The summed E-state index contributed by atoms with van der Waals surface area (Å²) in [6, 6.07) is 8.99. The molecule has 2 heterocycles. The molecule has 0 aromatic heterocycles. The lowest BCUT2D eigenvalue weighted by Gasteiger charge is -2.35. The van der Waals surface area contributed by atoms with Crippen LogP contribution in [-0.4, -0.2) is 93.2 Å². The third-order valence-electron chi connectivity index (χ3n) is 6.99. The van der Waals surface area contributed by atoms with E-state index in [1.165, 1.54) is 35.2 Å². The number of piperazine rings is 1. The SMILES string of the molecule is Cc1cc(OCCC(=O)N2CCN(C(=O)CC[C@@H](C(=O)O)N3C(=O)c4ccccc4C3=O)CC2)ccc1[N+](=O)[O-]. The molecule has 1 atom stereocenters. The van der Waals surface area contributed by atoms with Gasteiger partial charge in [0.25, 0.3) is 17.5 Å². The van der Waals surface area contributed by atoms with Gasteiger partial charge in [-0.15, -0.1) is 0 Å². The zero-order valence-corrected chi connectivity index (χ0v) is 21.8. The quantitative estimate of drug-likeness (QED) is 0.263. The highest BCUT2D eigenvalue weighted by Gasteiger charge is 2.43. The van der Waals surface area contributed by atoms with Crippen molar-refractivity contribution in [1.29, 1.82) is 0 Å². The highest BCUT2D eigenvalue weighted by molar-refractivity contribution is 6.22. The maximum absolute atomic E-state index is 12.8. The molecule has 0 saturated carbocycles. The molecule has 13 nitrogen and oxygen atoms in total. The van der Waals surface area contributed by atoms with Crippen molar-refractivity contribution < 1.29 is 38.7 Å². The monoisotopic (exact) mass is 552 g/mol. The van der Waals surface area contributed by atoms with E-state index >= 15 is 0 Å².